The Balaban J connectivity index is 1.56. The number of sulfone groups is 1. The Morgan fingerprint density at radius 3 is 2.50 bits per heavy atom. The number of aliphatic hydroxyl groups excluding tert-OH is 1. The minimum Gasteiger partial charge on any atom is -0.374 e. The zero-order valence-corrected chi connectivity index (χ0v) is 20.5. The summed E-state index contributed by atoms with van der Waals surface area (Å²) < 4.78 is 77.4. The van der Waals surface area contributed by atoms with Gasteiger partial charge in [-0.1, -0.05) is 13.0 Å². The lowest BCUT2D eigenvalue weighted by Gasteiger charge is -2.30. The number of rotatable bonds is 7. The van der Waals surface area contributed by atoms with Crippen LogP contribution in [0.25, 0.3) is 0 Å². The molecule has 1 unspecified atom stereocenters. The Morgan fingerprint density at radius 1 is 1.22 bits per heavy atom. The van der Waals surface area contributed by atoms with Crippen LogP contribution < -0.4 is 5.32 Å². The molecule has 196 valence electrons. The highest BCUT2D eigenvalue weighted by atomic mass is 32.2. The van der Waals surface area contributed by atoms with Crippen molar-refractivity contribution in [3.8, 4) is 0 Å². The first kappa shape index (κ1) is 26.5. The van der Waals surface area contributed by atoms with Gasteiger partial charge in [0.1, 0.15) is 12.0 Å². The van der Waals surface area contributed by atoms with Gasteiger partial charge in [0.25, 0.3) is 0 Å². The van der Waals surface area contributed by atoms with Gasteiger partial charge in [0.2, 0.25) is 5.91 Å². The second kappa shape index (κ2) is 9.71. The number of nitrogens with zero attached hydrogens (tertiary/aromatic N) is 2. The number of aromatic nitrogens is 1. The number of carbonyl (C=O) groups excluding carboxylic acids is 1. The lowest BCUT2D eigenvalue weighted by Crippen LogP contribution is -2.46. The third-order valence-corrected chi connectivity index (χ3v) is 7.76. The molecule has 36 heavy (non-hydrogen) atoms. The minimum absolute atomic E-state index is 0.0120. The summed E-state index contributed by atoms with van der Waals surface area (Å²) in [6, 6.07) is 1.99. The number of aliphatic hydroxyl groups is 1. The Hall–Kier alpha value is -2.57. The summed E-state index contributed by atoms with van der Waals surface area (Å²) in [4.78, 5) is 18.7. The van der Waals surface area contributed by atoms with Crippen LogP contribution in [-0.4, -0.2) is 48.2 Å². The number of hydrogen-bond donors (Lipinski definition) is 2. The molecule has 1 aliphatic heterocycles. The van der Waals surface area contributed by atoms with Crippen LogP contribution in [0.1, 0.15) is 55.1 Å². The van der Waals surface area contributed by atoms with Crippen molar-refractivity contribution in [1.82, 2.24) is 15.2 Å². The fourth-order valence-corrected chi connectivity index (χ4v) is 5.26. The molecular formula is C24H27F4N3O4S. The number of hydrogen-bond acceptors (Lipinski definition) is 6. The highest BCUT2D eigenvalue weighted by molar-refractivity contribution is 7.90. The summed E-state index contributed by atoms with van der Waals surface area (Å²) in [7, 11) is -3.57. The monoisotopic (exact) mass is 529 g/mol. The Kier molecular flexibility index (Phi) is 7.15. The molecule has 1 amide bonds. The van der Waals surface area contributed by atoms with Crippen LogP contribution in [0.4, 0.5) is 17.6 Å². The molecule has 4 rings (SSSR count). The fraction of sp³-hybridized carbons (Fsp3) is 0.500. The van der Waals surface area contributed by atoms with Gasteiger partial charge in [-0.25, -0.2) is 12.8 Å². The van der Waals surface area contributed by atoms with Gasteiger partial charge in [-0.15, -0.1) is 0 Å². The molecule has 2 aromatic rings. The van der Waals surface area contributed by atoms with Crippen molar-refractivity contribution in [3.05, 3.63) is 59.2 Å². The number of amides is 1. The van der Waals surface area contributed by atoms with Crippen molar-refractivity contribution in [1.29, 1.82) is 0 Å². The zero-order chi connectivity index (χ0) is 26.4. The van der Waals surface area contributed by atoms with E-state index in [1.807, 2.05) is 6.92 Å². The van der Waals surface area contributed by atoms with Crippen molar-refractivity contribution in [2.24, 2.45) is 11.8 Å². The molecule has 2 heterocycles. The normalized spacial score (nSPS) is 22.9. The Morgan fingerprint density at radius 2 is 1.92 bits per heavy atom. The topological polar surface area (TPSA) is 99.6 Å². The molecule has 4 atom stereocenters. The zero-order valence-electron chi connectivity index (χ0n) is 19.7. The maximum atomic E-state index is 14.7. The molecule has 2 aliphatic rings. The fourth-order valence-electron chi connectivity index (χ4n) is 4.66. The summed E-state index contributed by atoms with van der Waals surface area (Å²) in [5.41, 5.74) is -0.909. The standard InChI is InChI=1S/C24H27F4N3O4S/c1-13-7-20(31(12-13)23(33)15-8-17(11-29-10-15)36(2,34)35)22(32)30-21(14-3-4-14)18-6-5-16(9-19(18)25)24(26,27)28/h5-6,8-11,13-14,20-21,23,33H,3-4,7,12H2,1-2H3,(H,30,32)/t13-,20-,21-,23?/m1/s1. The molecule has 7 nitrogen and oxygen atoms in total. The number of benzene rings is 1. The molecule has 2 fully saturated rings. The van der Waals surface area contributed by atoms with E-state index in [-0.39, 0.29) is 27.9 Å². The molecule has 1 saturated carbocycles. The third kappa shape index (κ3) is 5.70. The summed E-state index contributed by atoms with van der Waals surface area (Å²) in [5, 5.41) is 13.8. The van der Waals surface area contributed by atoms with E-state index in [1.54, 1.807) is 0 Å². The lowest BCUT2D eigenvalue weighted by atomic mass is 9.98. The number of carbonyl (C=O) groups is 1. The third-order valence-electron chi connectivity index (χ3n) is 6.68. The molecule has 2 N–H and O–H groups in total. The van der Waals surface area contributed by atoms with E-state index in [9.17, 15) is 35.9 Å². The van der Waals surface area contributed by atoms with Crippen LogP contribution in [0, 0.1) is 17.7 Å². The van der Waals surface area contributed by atoms with Crippen molar-refractivity contribution < 1.29 is 35.9 Å². The maximum Gasteiger partial charge on any atom is 0.416 e. The average Bonchev–Trinajstić information content (AvgIpc) is 3.56. The number of halogens is 4. The van der Waals surface area contributed by atoms with Crippen molar-refractivity contribution in [2.45, 2.75) is 55.6 Å². The number of alkyl halides is 3. The van der Waals surface area contributed by atoms with Crippen LogP contribution in [0.2, 0.25) is 0 Å². The van der Waals surface area contributed by atoms with Crippen LogP contribution in [0.3, 0.4) is 0 Å². The van der Waals surface area contributed by atoms with E-state index in [2.05, 4.69) is 10.3 Å². The molecule has 1 aromatic carbocycles. The molecule has 12 heteroatoms. The van der Waals surface area contributed by atoms with Crippen LogP contribution in [0.5, 0.6) is 0 Å². The van der Waals surface area contributed by atoms with E-state index in [0.29, 0.717) is 31.9 Å². The maximum absolute atomic E-state index is 14.7. The van der Waals surface area contributed by atoms with Crippen LogP contribution in [-0.2, 0) is 20.8 Å². The second-order valence-corrected chi connectivity index (χ2v) is 11.7. The van der Waals surface area contributed by atoms with E-state index >= 15 is 0 Å². The van der Waals surface area contributed by atoms with Gasteiger partial charge >= 0.3 is 6.18 Å². The molecule has 1 aromatic heterocycles. The molecule has 0 bridgehead atoms. The first-order chi connectivity index (χ1) is 16.8. The quantitative estimate of drug-likeness (QED) is 0.532. The highest BCUT2D eigenvalue weighted by Crippen LogP contribution is 2.43. The molecule has 0 spiro atoms. The Labute approximate surface area is 206 Å². The summed E-state index contributed by atoms with van der Waals surface area (Å²) in [6.07, 6.45) is -0.712. The predicted octanol–water partition coefficient (Wildman–Crippen LogP) is 3.61. The number of likely N-dealkylation sites (tertiary alicyclic amines) is 1. The van der Waals surface area contributed by atoms with Gasteiger partial charge < -0.3 is 10.4 Å². The van der Waals surface area contributed by atoms with Crippen molar-refractivity contribution >= 4 is 15.7 Å². The van der Waals surface area contributed by atoms with Gasteiger partial charge in [-0.3, -0.25) is 14.7 Å². The number of nitrogens with one attached hydrogen (secondary N) is 1. The first-order valence-electron chi connectivity index (χ1n) is 11.5. The van der Waals surface area contributed by atoms with Crippen molar-refractivity contribution in [2.75, 3.05) is 12.8 Å². The van der Waals surface area contributed by atoms with Gasteiger partial charge in [0, 0.05) is 36.3 Å². The van der Waals surface area contributed by atoms with E-state index < -0.39 is 51.6 Å². The molecular weight excluding hydrogens is 502 g/mol. The summed E-state index contributed by atoms with van der Waals surface area (Å²) in [6.45, 7) is 2.23. The SMILES string of the molecule is C[C@@H]1C[C@H](C(=O)N[C@@H](c2ccc(C(F)(F)F)cc2F)C2CC2)N(C(O)c2cncc(S(C)(=O)=O)c2)C1. The van der Waals surface area contributed by atoms with Gasteiger partial charge in [-0.2, -0.15) is 13.2 Å². The first-order valence-corrected chi connectivity index (χ1v) is 13.4. The minimum atomic E-state index is -4.68. The van der Waals surface area contributed by atoms with Crippen molar-refractivity contribution in [3.63, 3.8) is 0 Å². The van der Waals surface area contributed by atoms with E-state index in [0.717, 1.165) is 18.4 Å². The molecule has 0 radical (unpaired) electrons. The predicted molar refractivity (Wildman–Crippen MR) is 122 cm³/mol. The lowest BCUT2D eigenvalue weighted by molar-refractivity contribution is -0.137. The largest absolute Gasteiger partial charge is 0.416 e. The second-order valence-electron chi connectivity index (χ2n) is 9.71. The number of pyridine rings is 1. The van der Waals surface area contributed by atoms with E-state index in [1.165, 1.54) is 23.4 Å². The van der Waals surface area contributed by atoms with Crippen LogP contribution >= 0.6 is 0 Å². The van der Waals surface area contributed by atoms with Gasteiger partial charge in [-0.05, 0) is 49.3 Å². The van der Waals surface area contributed by atoms with E-state index in [4.69, 9.17) is 0 Å². The molecule has 1 saturated heterocycles. The highest BCUT2D eigenvalue weighted by Gasteiger charge is 2.42. The van der Waals surface area contributed by atoms with Gasteiger partial charge in [0.15, 0.2) is 9.84 Å². The average molecular weight is 530 g/mol. The molecule has 1 aliphatic carbocycles. The Bertz CT molecular complexity index is 1250. The van der Waals surface area contributed by atoms with Crippen LogP contribution in [0.15, 0.2) is 41.6 Å². The smallest absolute Gasteiger partial charge is 0.374 e. The summed E-state index contributed by atoms with van der Waals surface area (Å²) in [5.74, 6) is -1.61. The summed E-state index contributed by atoms with van der Waals surface area (Å²) >= 11 is 0. The van der Waals surface area contributed by atoms with Gasteiger partial charge in [0.05, 0.1) is 22.5 Å².